The Morgan fingerprint density at radius 2 is 1.76 bits per heavy atom. The first-order valence-corrected chi connectivity index (χ1v) is 6.84. The molecule has 0 aromatic heterocycles. The maximum absolute atomic E-state index is 12.0. The molecule has 0 fully saturated rings. The Hall–Kier alpha value is -1.88. The summed E-state index contributed by atoms with van der Waals surface area (Å²) in [4.78, 5) is 23.9. The molecule has 21 heavy (non-hydrogen) atoms. The molecule has 0 aliphatic heterocycles. The van der Waals surface area contributed by atoms with Crippen LogP contribution < -0.4 is 5.32 Å². The molecule has 1 rings (SSSR count). The molecular formula is C16H23NO4. The van der Waals surface area contributed by atoms with E-state index in [-0.39, 0.29) is 5.91 Å². The Kier molecular flexibility index (Phi) is 5.90. The van der Waals surface area contributed by atoms with Crippen molar-refractivity contribution in [2.75, 3.05) is 7.11 Å². The van der Waals surface area contributed by atoms with Gasteiger partial charge >= 0.3 is 5.97 Å². The van der Waals surface area contributed by atoms with Crippen molar-refractivity contribution in [3.8, 4) is 0 Å². The summed E-state index contributed by atoms with van der Waals surface area (Å²) in [5.41, 5.74) is 0.900. The number of carbonyl (C=O) groups excluding carboxylic acids is 2. The third kappa shape index (κ3) is 5.95. The number of ether oxygens (including phenoxy) is 2. The molecule has 0 aliphatic carbocycles. The van der Waals surface area contributed by atoms with Crippen LogP contribution >= 0.6 is 0 Å². The van der Waals surface area contributed by atoms with Crippen LogP contribution in [-0.2, 0) is 20.9 Å². The molecule has 0 heterocycles. The largest absolute Gasteiger partial charge is 0.458 e. The molecule has 1 aromatic carbocycles. The summed E-state index contributed by atoms with van der Waals surface area (Å²) in [5, 5.41) is 2.63. The summed E-state index contributed by atoms with van der Waals surface area (Å²) in [5.74, 6) is -0.760. The fraction of sp³-hybridized carbons (Fsp3) is 0.500. The summed E-state index contributed by atoms with van der Waals surface area (Å²) in [7, 11) is 1.61. The maximum atomic E-state index is 12.0. The van der Waals surface area contributed by atoms with Gasteiger partial charge in [0.25, 0.3) is 5.91 Å². The van der Waals surface area contributed by atoms with E-state index in [0.29, 0.717) is 12.2 Å². The molecule has 5 nitrogen and oxygen atoms in total. The predicted octanol–water partition coefficient (Wildman–Crippen LogP) is 2.29. The molecule has 0 radical (unpaired) electrons. The molecule has 116 valence electrons. The minimum atomic E-state index is -0.699. The summed E-state index contributed by atoms with van der Waals surface area (Å²) in [6.45, 7) is 7.46. The van der Waals surface area contributed by atoms with E-state index in [1.807, 2.05) is 12.1 Å². The van der Waals surface area contributed by atoms with Crippen LogP contribution in [0.3, 0.4) is 0 Å². The topological polar surface area (TPSA) is 64.6 Å². The molecule has 0 saturated heterocycles. The van der Waals surface area contributed by atoms with Crippen molar-refractivity contribution in [1.82, 2.24) is 5.32 Å². The Bertz CT molecular complexity index is 488. The predicted molar refractivity (Wildman–Crippen MR) is 79.9 cm³/mol. The third-order valence-electron chi connectivity index (χ3n) is 2.64. The fourth-order valence-corrected chi connectivity index (χ4v) is 1.65. The van der Waals surface area contributed by atoms with E-state index < -0.39 is 17.6 Å². The van der Waals surface area contributed by atoms with Crippen molar-refractivity contribution in [1.29, 1.82) is 0 Å². The zero-order valence-corrected chi connectivity index (χ0v) is 13.2. The minimum Gasteiger partial charge on any atom is -0.458 e. The van der Waals surface area contributed by atoms with Crippen molar-refractivity contribution in [2.45, 2.75) is 45.9 Å². The average Bonchev–Trinajstić information content (AvgIpc) is 2.37. The van der Waals surface area contributed by atoms with Crippen molar-refractivity contribution < 1.29 is 19.1 Å². The molecule has 0 aliphatic rings. The van der Waals surface area contributed by atoms with E-state index in [0.717, 1.165) is 5.56 Å². The van der Waals surface area contributed by atoms with Gasteiger partial charge in [0.1, 0.15) is 11.6 Å². The summed E-state index contributed by atoms with van der Waals surface area (Å²) < 4.78 is 10.2. The number of hydrogen-bond acceptors (Lipinski definition) is 4. The quantitative estimate of drug-likeness (QED) is 0.846. The van der Waals surface area contributed by atoms with Crippen LogP contribution in [0.25, 0.3) is 0 Å². The number of amides is 1. The monoisotopic (exact) mass is 293 g/mol. The van der Waals surface area contributed by atoms with Gasteiger partial charge in [-0.2, -0.15) is 0 Å². The van der Waals surface area contributed by atoms with Gasteiger partial charge in [-0.3, -0.25) is 4.79 Å². The van der Waals surface area contributed by atoms with Crippen LogP contribution in [0.2, 0.25) is 0 Å². The summed E-state index contributed by atoms with van der Waals surface area (Å²) in [6, 6.07) is 6.33. The number of esters is 1. The first-order valence-electron chi connectivity index (χ1n) is 6.84. The van der Waals surface area contributed by atoms with Crippen LogP contribution in [0.4, 0.5) is 0 Å². The van der Waals surface area contributed by atoms with Gasteiger partial charge in [-0.15, -0.1) is 0 Å². The highest BCUT2D eigenvalue weighted by atomic mass is 16.6. The lowest BCUT2D eigenvalue weighted by atomic mass is 10.1. The summed E-state index contributed by atoms with van der Waals surface area (Å²) in [6.07, 6.45) is 0. The minimum absolute atomic E-state index is 0.308. The van der Waals surface area contributed by atoms with E-state index in [9.17, 15) is 9.59 Å². The van der Waals surface area contributed by atoms with E-state index in [2.05, 4.69) is 5.32 Å². The standard InChI is InChI=1S/C16H23NO4/c1-11(15(19)21-16(2,3)4)17-14(18)13-8-6-12(7-9-13)10-20-5/h6-9,11H,10H2,1-5H3,(H,17,18)/t11-/m0/s1. The summed E-state index contributed by atoms with van der Waals surface area (Å²) >= 11 is 0. The third-order valence-corrected chi connectivity index (χ3v) is 2.64. The second-order valence-corrected chi connectivity index (χ2v) is 5.86. The Balaban J connectivity index is 2.61. The van der Waals surface area contributed by atoms with Crippen LogP contribution in [0, 0.1) is 0 Å². The average molecular weight is 293 g/mol. The molecule has 0 saturated carbocycles. The van der Waals surface area contributed by atoms with Crippen LogP contribution in [0.5, 0.6) is 0 Å². The Labute approximate surface area is 125 Å². The molecule has 0 unspecified atom stereocenters. The van der Waals surface area contributed by atoms with Gasteiger partial charge in [0.05, 0.1) is 6.61 Å². The van der Waals surface area contributed by atoms with Gasteiger partial charge < -0.3 is 14.8 Å². The van der Waals surface area contributed by atoms with Crippen LogP contribution in [0.15, 0.2) is 24.3 Å². The Morgan fingerprint density at radius 3 is 2.24 bits per heavy atom. The van der Waals surface area contributed by atoms with Gasteiger partial charge in [-0.1, -0.05) is 12.1 Å². The van der Waals surface area contributed by atoms with E-state index in [1.165, 1.54) is 0 Å². The first-order chi connectivity index (χ1) is 9.73. The molecule has 1 amide bonds. The number of rotatable bonds is 5. The number of methoxy groups -OCH3 is 1. The highest BCUT2D eigenvalue weighted by Gasteiger charge is 2.23. The number of nitrogens with one attached hydrogen (secondary N) is 1. The zero-order valence-electron chi connectivity index (χ0n) is 13.2. The number of benzene rings is 1. The normalized spacial score (nSPS) is 12.6. The molecule has 1 atom stereocenters. The van der Waals surface area contributed by atoms with Crippen molar-refractivity contribution >= 4 is 11.9 Å². The molecule has 5 heteroatoms. The van der Waals surface area contributed by atoms with Gasteiger partial charge in [-0.05, 0) is 45.4 Å². The fourth-order valence-electron chi connectivity index (χ4n) is 1.65. The lowest BCUT2D eigenvalue weighted by Crippen LogP contribution is -2.42. The van der Waals surface area contributed by atoms with Crippen molar-refractivity contribution in [3.63, 3.8) is 0 Å². The van der Waals surface area contributed by atoms with Gasteiger partial charge in [0.15, 0.2) is 0 Å². The van der Waals surface area contributed by atoms with E-state index >= 15 is 0 Å². The van der Waals surface area contributed by atoms with Gasteiger partial charge in [-0.25, -0.2) is 4.79 Å². The van der Waals surface area contributed by atoms with E-state index in [1.54, 1.807) is 46.9 Å². The Morgan fingerprint density at radius 1 is 1.19 bits per heavy atom. The molecule has 0 spiro atoms. The molecular weight excluding hydrogens is 270 g/mol. The van der Waals surface area contributed by atoms with Crippen LogP contribution in [-0.4, -0.2) is 30.6 Å². The van der Waals surface area contributed by atoms with Crippen molar-refractivity contribution in [3.05, 3.63) is 35.4 Å². The maximum Gasteiger partial charge on any atom is 0.328 e. The van der Waals surface area contributed by atoms with Gasteiger partial charge in [0.2, 0.25) is 0 Å². The molecule has 1 aromatic rings. The lowest BCUT2D eigenvalue weighted by molar-refractivity contribution is -0.156. The highest BCUT2D eigenvalue weighted by molar-refractivity contribution is 5.96. The van der Waals surface area contributed by atoms with Crippen molar-refractivity contribution in [2.24, 2.45) is 0 Å². The van der Waals surface area contributed by atoms with Gasteiger partial charge in [0, 0.05) is 12.7 Å². The second kappa shape index (κ2) is 7.22. The first kappa shape index (κ1) is 17.2. The lowest BCUT2D eigenvalue weighted by Gasteiger charge is -2.22. The van der Waals surface area contributed by atoms with E-state index in [4.69, 9.17) is 9.47 Å². The highest BCUT2D eigenvalue weighted by Crippen LogP contribution is 2.09. The zero-order chi connectivity index (χ0) is 16.0. The smallest absolute Gasteiger partial charge is 0.328 e. The molecule has 0 bridgehead atoms. The molecule has 1 N–H and O–H groups in total. The number of hydrogen-bond donors (Lipinski definition) is 1. The van der Waals surface area contributed by atoms with Crippen LogP contribution in [0.1, 0.15) is 43.6 Å². The second-order valence-electron chi connectivity index (χ2n) is 5.86. The SMILES string of the molecule is COCc1ccc(C(=O)N[C@@H](C)C(=O)OC(C)(C)C)cc1. The number of carbonyl (C=O) groups is 2.